The predicted molar refractivity (Wildman–Crippen MR) is 104 cm³/mol. The molecule has 1 aliphatic carbocycles. The lowest BCUT2D eigenvalue weighted by molar-refractivity contribution is -0.385. The number of benzene rings is 2. The first-order valence-corrected chi connectivity index (χ1v) is 8.98. The molecule has 1 heterocycles. The summed E-state index contributed by atoms with van der Waals surface area (Å²) in [7, 11) is 3.24. The number of nitrogens with one attached hydrogen (secondary N) is 1. The highest BCUT2D eigenvalue weighted by molar-refractivity contribution is 5.69. The zero-order chi connectivity index (χ0) is 19.1. The molecule has 3 unspecified atom stereocenters. The largest absolute Gasteiger partial charge is 0.493 e. The SMILES string of the molecule is COc1ccc(C2Nc3c(ccc([N+](=O)[O-])c3C)C3C=CCC32)cc1OC. The van der Waals surface area contributed by atoms with Crippen molar-refractivity contribution in [3.05, 3.63) is 69.3 Å². The van der Waals surface area contributed by atoms with E-state index in [9.17, 15) is 10.1 Å². The van der Waals surface area contributed by atoms with Gasteiger partial charge in [-0.2, -0.15) is 0 Å². The molecule has 0 amide bonds. The van der Waals surface area contributed by atoms with E-state index in [2.05, 4.69) is 17.5 Å². The minimum Gasteiger partial charge on any atom is -0.493 e. The summed E-state index contributed by atoms with van der Waals surface area (Å²) < 4.78 is 10.8. The summed E-state index contributed by atoms with van der Waals surface area (Å²) in [6.45, 7) is 1.81. The molecular weight excluding hydrogens is 344 g/mol. The third-order valence-electron chi connectivity index (χ3n) is 5.73. The zero-order valence-corrected chi connectivity index (χ0v) is 15.6. The first-order valence-electron chi connectivity index (χ1n) is 8.98. The maximum absolute atomic E-state index is 11.4. The van der Waals surface area contributed by atoms with E-state index >= 15 is 0 Å². The molecule has 0 radical (unpaired) electrons. The van der Waals surface area contributed by atoms with E-state index in [1.807, 2.05) is 31.2 Å². The molecule has 0 saturated carbocycles. The fraction of sp³-hybridized carbons (Fsp3) is 0.333. The van der Waals surface area contributed by atoms with E-state index < -0.39 is 0 Å². The molecule has 1 aliphatic heterocycles. The summed E-state index contributed by atoms with van der Waals surface area (Å²) in [4.78, 5) is 11.1. The molecule has 140 valence electrons. The number of methoxy groups -OCH3 is 2. The van der Waals surface area contributed by atoms with E-state index in [1.54, 1.807) is 20.3 Å². The maximum Gasteiger partial charge on any atom is 0.274 e. The van der Waals surface area contributed by atoms with Crippen LogP contribution in [0.2, 0.25) is 0 Å². The number of rotatable bonds is 4. The first-order chi connectivity index (χ1) is 13.0. The van der Waals surface area contributed by atoms with Crippen LogP contribution in [0.15, 0.2) is 42.5 Å². The Morgan fingerprint density at radius 1 is 1.15 bits per heavy atom. The van der Waals surface area contributed by atoms with Crippen LogP contribution in [0.4, 0.5) is 11.4 Å². The summed E-state index contributed by atoms with van der Waals surface area (Å²) >= 11 is 0. The van der Waals surface area contributed by atoms with E-state index in [-0.39, 0.29) is 22.6 Å². The summed E-state index contributed by atoms with van der Waals surface area (Å²) in [5, 5.41) is 15.0. The lowest BCUT2D eigenvalue weighted by atomic mass is 9.76. The molecule has 0 saturated heterocycles. The summed E-state index contributed by atoms with van der Waals surface area (Å²) in [6.07, 6.45) is 5.39. The number of anilines is 1. The van der Waals surface area contributed by atoms with Crippen LogP contribution in [0, 0.1) is 23.0 Å². The average Bonchev–Trinajstić information content (AvgIpc) is 3.17. The number of ether oxygens (including phenoxy) is 2. The molecule has 0 spiro atoms. The highest BCUT2D eigenvalue weighted by atomic mass is 16.6. The number of allylic oxidation sites excluding steroid dienone is 2. The second kappa shape index (κ2) is 6.61. The zero-order valence-electron chi connectivity index (χ0n) is 15.6. The third-order valence-corrected chi connectivity index (χ3v) is 5.73. The smallest absolute Gasteiger partial charge is 0.274 e. The van der Waals surface area contributed by atoms with Crippen molar-refractivity contribution in [2.75, 3.05) is 19.5 Å². The van der Waals surface area contributed by atoms with Gasteiger partial charge in [0, 0.05) is 17.7 Å². The average molecular weight is 366 g/mol. The predicted octanol–water partition coefficient (Wildman–Crippen LogP) is 4.75. The quantitative estimate of drug-likeness (QED) is 0.480. The molecule has 2 aliphatic rings. The lowest BCUT2D eigenvalue weighted by Gasteiger charge is -2.38. The van der Waals surface area contributed by atoms with Gasteiger partial charge in [0.25, 0.3) is 5.69 Å². The van der Waals surface area contributed by atoms with Crippen LogP contribution in [-0.2, 0) is 0 Å². The Kier molecular flexibility index (Phi) is 4.26. The Hall–Kier alpha value is -3.02. The number of hydrogen-bond donors (Lipinski definition) is 1. The van der Waals surface area contributed by atoms with Gasteiger partial charge in [-0.05, 0) is 48.6 Å². The molecule has 6 nitrogen and oxygen atoms in total. The fourth-order valence-electron chi connectivity index (χ4n) is 4.38. The van der Waals surface area contributed by atoms with Crippen LogP contribution in [0.25, 0.3) is 0 Å². The number of fused-ring (bicyclic) bond motifs is 3. The standard InChI is InChI=1S/C21H22N2O4/c1-12-17(23(24)25)9-8-16-14-5-4-6-15(14)21(22-20(12)16)13-7-10-18(26-2)19(11-13)27-3/h4-5,7-11,14-15,21-22H,6H2,1-3H3. The second-order valence-electron chi connectivity index (χ2n) is 7.02. The van der Waals surface area contributed by atoms with E-state index in [0.717, 1.165) is 23.2 Å². The van der Waals surface area contributed by atoms with Gasteiger partial charge in [-0.15, -0.1) is 0 Å². The third kappa shape index (κ3) is 2.72. The molecule has 6 heteroatoms. The van der Waals surface area contributed by atoms with Gasteiger partial charge in [0.2, 0.25) is 0 Å². The Morgan fingerprint density at radius 2 is 1.93 bits per heavy atom. The van der Waals surface area contributed by atoms with Gasteiger partial charge in [0.1, 0.15) is 0 Å². The topological polar surface area (TPSA) is 73.6 Å². The Labute approximate surface area is 158 Å². The van der Waals surface area contributed by atoms with Gasteiger partial charge in [-0.1, -0.05) is 18.2 Å². The molecule has 27 heavy (non-hydrogen) atoms. The van der Waals surface area contributed by atoms with Crippen LogP contribution in [0.1, 0.15) is 35.1 Å². The minimum absolute atomic E-state index is 0.0398. The first kappa shape index (κ1) is 17.4. The van der Waals surface area contributed by atoms with Gasteiger partial charge in [-0.25, -0.2) is 0 Å². The van der Waals surface area contributed by atoms with Crippen molar-refractivity contribution < 1.29 is 14.4 Å². The van der Waals surface area contributed by atoms with Gasteiger partial charge >= 0.3 is 0 Å². The van der Waals surface area contributed by atoms with E-state index in [0.29, 0.717) is 23.0 Å². The maximum atomic E-state index is 11.4. The molecule has 3 atom stereocenters. The van der Waals surface area contributed by atoms with Crippen molar-refractivity contribution in [2.24, 2.45) is 5.92 Å². The molecule has 2 aromatic rings. The molecule has 0 aromatic heterocycles. The fourth-order valence-corrected chi connectivity index (χ4v) is 4.38. The van der Waals surface area contributed by atoms with Crippen LogP contribution < -0.4 is 14.8 Å². The van der Waals surface area contributed by atoms with E-state index in [1.165, 1.54) is 0 Å². The Morgan fingerprint density at radius 3 is 2.63 bits per heavy atom. The number of nitrogens with zero attached hydrogens (tertiary/aromatic N) is 1. The van der Waals surface area contributed by atoms with Gasteiger partial charge in [0.15, 0.2) is 11.5 Å². The molecule has 4 rings (SSSR count). The van der Waals surface area contributed by atoms with Crippen LogP contribution in [0.3, 0.4) is 0 Å². The van der Waals surface area contributed by atoms with Crippen LogP contribution in [-0.4, -0.2) is 19.1 Å². The van der Waals surface area contributed by atoms with Crippen molar-refractivity contribution in [3.8, 4) is 11.5 Å². The van der Waals surface area contributed by atoms with Crippen molar-refractivity contribution in [1.82, 2.24) is 0 Å². The summed E-state index contributed by atoms with van der Waals surface area (Å²) in [5.41, 5.74) is 3.92. The van der Waals surface area contributed by atoms with Crippen LogP contribution >= 0.6 is 0 Å². The van der Waals surface area contributed by atoms with Crippen molar-refractivity contribution in [2.45, 2.75) is 25.3 Å². The highest BCUT2D eigenvalue weighted by Gasteiger charge is 2.39. The van der Waals surface area contributed by atoms with Crippen LogP contribution in [0.5, 0.6) is 11.5 Å². The van der Waals surface area contributed by atoms with Crippen molar-refractivity contribution >= 4 is 11.4 Å². The summed E-state index contributed by atoms with van der Waals surface area (Å²) in [5.74, 6) is 1.97. The van der Waals surface area contributed by atoms with Crippen molar-refractivity contribution in [1.29, 1.82) is 0 Å². The lowest BCUT2D eigenvalue weighted by Crippen LogP contribution is -2.29. The molecule has 2 aromatic carbocycles. The minimum atomic E-state index is -0.320. The van der Waals surface area contributed by atoms with Gasteiger partial charge in [0.05, 0.1) is 30.7 Å². The number of nitro groups is 1. The number of nitro benzene ring substituents is 1. The Balaban J connectivity index is 1.81. The number of hydrogen-bond acceptors (Lipinski definition) is 5. The highest BCUT2D eigenvalue weighted by Crippen LogP contribution is 2.52. The second-order valence-corrected chi connectivity index (χ2v) is 7.02. The Bertz CT molecular complexity index is 938. The molecule has 1 N–H and O–H groups in total. The molecule has 0 fully saturated rings. The van der Waals surface area contributed by atoms with Crippen molar-refractivity contribution in [3.63, 3.8) is 0 Å². The van der Waals surface area contributed by atoms with Gasteiger partial charge < -0.3 is 14.8 Å². The monoisotopic (exact) mass is 366 g/mol. The van der Waals surface area contributed by atoms with Gasteiger partial charge in [-0.3, -0.25) is 10.1 Å². The normalized spacial score (nSPS) is 22.6. The van der Waals surface area contributed by atoms with E-state index in [4.69, 9.17) is 9.47 Å². The summed E-state index contributed by atoms with van der Waals surface area (Å²) in [6, 6.07) is 9.48. The molecular formula is C21H22N2O4. The molecule has 0 bridgehead atoms.